The summed E-state index contributed by atoms with van der Waals surface area (Å²) in [7, 11) is 0. The first-order valence-corrected chi connectivity index (χ1v) is 5.33. The van der Waals surface area contributed by atoms with E-state index in [1.54, 1.807) is 0 Å². The normalized spacial score (nSPS) is 24.4. The number of carboxylic acid groups (broad SMARTS) is 1. The molecule has 0 saturated carbocycles. The van der Waals surface area contributed by atoms with Crippen molar-refractivity contribution in [1.29, 1.82) is 0 Å². The molecule has 0 aromatic carbocycles. The second-order valence-corrected chi connectivity index (χ2v) is 4.42. The first-order chi connectivity index (χ1) is 7.46. The molecule has 0 aromatic rings. The highest BCUT2D eigenvalue weighted by Crippen LogP contribution is 2.18. The lowest BCUT2D eigenvalue weighted by Gasteiger charge is -2.24. The van der Waals surface area contributed by atoms with Crippen molar-refractivity contribution in [2.45, 2.75) is 25.8 Å². The molecule has 6 heteroatoms. The minimum absolute atomic E-state index is 0.0252. The van der Waals surface area contributed by atoms with E-state index in [4.69, 9.17) is 9.84 Å². The quantitative estimate of drug-likeness (QED) is 0.643. The Hall–Kier alpha value is -1.30. The SMILES string of the molecule is CC(C)CNC(=O)NC1(C(=O)O)CCOC1. The molecule has 1 aliphatic heterocycles. The molecule has 1 atom stereocenters. The number of urea groups is 1. The van der Waals surface area contributed by atoms with Crippen LogP contribution >= 0.6 is 0 Å². The van der Waals surface area contributed by atoms with E-state index in [2.05, 4.69) is 10.6 Å². The Bertz CT molecular complexity index is 272. The van der Waals surface area contributed by atoms with Crippen LogP contribution in [-0.4, -0.2) is 42.4 Å². The van der Waals surface area contributed by atoms with Gasteiger partial charge in [-0.3, -0.25) is 0 Å². The topological polar surface area (TPSA) is 87.7 Å². The largest absolute Gasteiger partial charge is 0.479 e. The monoisotopic (exact) mass is 230 g/mol. The van der Waals surface area contributed by atoms with Gasteiger partial charge in [-0.15, -0.1) is 0 Å². The number of amides is 2. The van der Waals surface area contributed by atoms with Crippen molar-refractivity contribution in [2.24, 2.45) is 5.92 Å². The van der Waals surface area contributed by atoms with Gasteiger partial charge < -0.3 is 20.5 Å². The van der Waals surface area contributed by atoms with Crippen LogP contribution in [0.3, 0.4) is 0 Å². The third kappa shape index (κ3) is 3.10. The van der Waals surface area contributed by atoms with Gasteiger partial charge in [-0.1, -0.05) is 13.8 Å². The number of carbonyl (C=O) groups is 2. The smallest absolute Gasteiger partial charge is 0.332 e. The Morgan fingerprint density at radius 1 is 1.50 bits per heavy atom. The van der Waals surface area contributed by atoms with E-state index in [1.807, 2.05) is 13.8 Å². The first kappa shape index (κ1) is 12.8. The highest BCUT2D eigenvalue weighted by atomic mass is 16.5. The number of hydrogen-bond donors (Lipinski definition) is 3. The number of carboxylic acids is 1. The van der Waals surface area contributed by atoms with Crippen LogP contribution in [0.4, 0.5) is 4.79 Å². The summed E-state index contributed by atoms with van der Waals surface area (Å²) in [6.45, 7) is 4.83. The number of nitrogens with one attached hydrogen (secondary N) is 2. The first-order valence-electron chi connectivity index (χ1n) is 5.33. The van der Waals surface area contributed by atoms with Crippen molar-refractivity contribution < 1.29 is 19.4 Å². The molecule has 1 aliphatic rings. The van der Waals surface area contributed by atoms with Crippen LogP contribution < -0.4 is 10.6 Å². The lowest BCUT2D eigenvalue weighted by molar-refractivity contribution is -0.144. The van der Waals surface area contributed by atoms with E-state index in [0.717, 1.165) is 0 Å². The van der Waals surface area contributed by atoms with Crippen molar-refractivity contribution in [3.8, 4) is 0 Å². The summed E-state index contributed by atoms with van der Waals surface area (Å²) in [6, 6.07) is -0.457. The second kappa shape index (κ2) is 5.16. The van der Waals surface area contributed by atoms with Crippen LogP contribution in [0.25, 0.3) is 0 Å². The molecule has 1 rings (SSSR count). The predicted octanol–water partition coefficient (Wildman–Crippen LogP) is 0.185. The van der Waals surface area contributed by atoms with Gasteiger partial charge in [-0.05, 0) is 5.92 Å². The molecule has 3 N–H and O–H groups in total. The summed E-state index contributed by atoms with van der Waals surface area (Å²) in [4.78, 5) is 22.5. The maximum Gasteiger partial charge on any atom is 0.332 e. The zero-order valence-electron chi connectivity index (χ0n) is 9.58. The number of hydrogen-bond acceptors (Lipinski definition) is 3. The van der Waals surface area contributed by atoms with E-state index in [0.29, 0.717) is 25.5 Å². The summed E-state index contributed by atoms with van der Waals surface area (Å²) in [5.74, 6) is -0.726. The highest BCUT2D eigenvalue weighted by molar-refractivity contribution is 5.86. The Balaban J connectivity index is 2.49. The molecular formula is C10H18N2O4. The minimum atomic E-state index is -1.26. The highest BCUT2D eigenvalue weighted by Gasteiger charge is 2.43. The maximum absolute atomic E-state index is 11.5. The predicted molar refractivity (Wildman–Crippen MR) is 57.2 cm³/mol. The molecule has 0 radical (unpaired) electrons. The average molecular weight is 230 g/mol. The summed E-state index contributed by atoms with van der Waals surface area (Å²) < 4.78 is 5.02. The molecule has 92 valence electrons. The van der Waals surface area contributed by atoms with Crippen molar-refractivity contribution in [3.63, 3.8) is 0 Å². The lowest BCUT2D eigenvalue weighted by Crippen LogP contribution is -2.58. The lowest BCUT2D eigenvalue weighted by atomic mass is 9.99. The van der Waals surface area contributed by atoms with Crippen molar-refractivity contribution in [3.05, 3.63) is 0 Å². The van der Waals surface area contributed by atoms with Gasteiger partial charge >= 0.3 is 12.0 Å². The number of rotatable bonds is 4. The Labute approximate surface area is 94.3 Å². The Morgan fingerprint density at radius 2 is 2.19 bits per heavy atom. The van der Waals surface area contributed by atoms with E-state index >= 15 is 0 Å². The van der Waals surface area contributed by atoms with E-state index in [1.165, 1.54) is 0 Å². The third-order valence-corrected chi connectivity index (χ3v) is 2.45. The molecule has 1 fully saturated rings. The molecule has 6 nitrogen and oxygen atoms in total. The molecule has 0 aliphatic carbocycles. The van der Waals surface area contributed by atoms with Gasteiger partial charge in [0.15, 0.2) is 5.54 Å². The molecule has 2 amide bonds. The Morgan fingerprint density at radius 3 is 2.62 bits per heavy atom. The molecule has 0 spiro atoms. The fourth-order valence-corrected chi connectivity index (χ4v) is 1.44. The van der Waals surface area contributed by atoms with Gasteiger partial charge in [0.2, 0.25) is 0 Å². The third-order valence-electron chi connectivity index (χ3n) is 2.45. The Kier molecular flexibility index (Phi) is 4.12. The minimum Gasteiger partial charge on any atom is -0.479 e. The van der Waals surface area contributed by atoms with Gasteiger partial charge in [0.05, 0.1) is 6.61 Å². The molecule has 1 saturated heterocycles. The molecule has 1 unspecified atom stereocenters. The molecule has 1 heterocycles. The fraction of sp³-hybridized carbons (Fsp3) is 0.800. The average Bonchev–Trinajstić information content (AvgIpc) is 2.64. The summed E-state index contributed by atoms with van der Waals surface area (Å²) in [5.41, 5.74) is -1.26. The van der Waals surface area contributed by atoms with Crippen molar-refractivity contribution in [2.75, 3.05) is 19.8 Å². The summed E-state index contributed by atoms with van der Waals surface area (Å²) in [6.07, 6.45) is 0.303. The van der Waals surface area contributed by atoms with Gasteiger partial charge in [-0.2, -0.15) is 0 Å². The zero-order valence-corrected chi connectivity index (χ0v) is 9.58. The van der Waals surface area contributed by atoms with Crippen LogP contribution in [-0.2, 0) is 9.53 Å². The number of carbonyl (C=O) groups excluding carboxylic acids is 1. The van der Waals surface area contributed by atoms with E-state index in [-0.39, 0.29) is 6.61 Å². The van der Waals surface area contributed by atoms with Crippen LogP contribution in [0.5, 0.6) is 0 Å². The van der Waals surface area contributed by atoms with Gasteiger partial charge in [-0.25, -0.2) is 9.59 Å². The maximum atomic E-state index is 11.5. The molecular weight excluding hydrogens is 212 g/mol. The van der Waals surface area contributed by atoms with Gasteiger partial charge in [0.25, 0.3) is 0 Å². The number of ether oxygens (including phenoxy) is 1. The van der Waals surface area contributed by atoms with E-state index in [9.17, 15) is 9.59 Å². The van der Waals surface area contributed by atoms with Gasteiger partial charge in [0.1, 0.15) is 0 Å². The summed E-state index contributed by atoms with van der Waals surface area (Å²) in [5, 5.41) is 14.2. The van der Waals surface area contributed by atoms with Crippen LogP contribution in [0.15, 0.2) is 0 Å². The number of aliphatic carboxylic acids is 1. The molecule has 0 aromatic heterocycles. The van der Waals surface area contributed by atoms with Crippen LogP contribution in [0, 0.1) is 5.92 Å². The van der Waals surface area contributed by atoms with Crippen LogP contribution in [0.1, 0.15) is 20.3 Å². The zero-order chi connectivity index (χ0) is 12.2. The standard InChI is InChI=1S/C10H18N2O4/c1-7(2)5-11-9(15)12-10(8(13)14)3-4-16-6-10/h7H,3-6H2,1-2H3,(H,13,14)(H2,11,12,15). The summed E-state index contributed by atoms with van der Waals surface area (Å²) >= 11 is 0. The van der Waals surface area contributed by atoms with Crippen molar-refractivity contribution in [1.82, 2.24) is 10.6 Å². The van der Waals surface area contributed by atoms with Crippen LogP contribution in [0.2, 0.25) is 0 Å². The molecule has 16 heavy (non-hydrogen) atoms. The molecule has 0 bridgehead atoms. The fourth-order valence-electron chi connectivity index (χ4n) is 1.44. The van der Waals surface area contributed by atoms with Crippen molar-refractivity contribution >= 4 is 12.0 Å². The van der Waals surface area contributed by atoms with E-state index < -0.39 is 17.5 Å². The van der Waals surface area contributed by atoms with Gasteiger partial charge in [0, 0.05) is 19.6 Å². The second-order valence-electron chi connectivity index (χ2n) is 4.42.